The van der Waals surface area contributed by atoms with E-state index in [9.17, 15) is 24.9 Å². The maximum atomic E-state index is 13.9. The van der Waals surface area contributed by atoms with Gasteiger partial charge in [0.25, 0.3) is 5.91 Å². The molecule has 0 aromatic heterocycles. The van der Waals surface area contributed by atoms with Crippen molar-refractivity contribution in [3.8, 4) is 23.0 Å². The Hall–Kier alpha value is -5.76. The van der Waals surface area contributed by atoms with Crippen molar-refractivity contribution >= 4 is 11.9 Å². The number of carbonyl (C=O) groups is 2. The van der Waals surface area contributed by atoms with E-state index in [0.29, 0.717) is 44.7 Å². The molecule has 1 atom stereocenters. The number of benzene rings is 5. The van der Waals surface area contributed by atoms with E-state index < -0.39 is 24.5 Å². The van der Waals surface area contributed by atoms with Crippen LogP contribution in [0.3, 0.4) is 0 Å². The van der Waals surface area contributed by atoms with E-state index in [2.05, 4.69) is 101 Å². The minimum Gasteiger partial charge on any atom is -0.507 e. The van der Waals surface area contributed by atoms with E-state index in [4.69, 9.17) is 9.47 Å². The highest BCUT2D eigenvalue weighted by Crippen LogP contribution is 2.43. The number of nitrogens with one attached hydrogen (secondary N) is 1. The van der Waals surface area contributed by atoms with E-state index in [0.717, 1.165) is 33.4 Å². The second-order valence-corrected chi connectivity index (χ2v) is 21.5. The van der Waals surface area contributed by atoms with Crippen molar-refractivity contribution in [3.05, 3.63) is 151 Å². The summed E-state index contributed by atoms with van der Waals surface area (Å²) in [7, 11) is 1.28. The zero-order valence-electron chi connectivity index (χ0n) is 39.6. The van der Waals surface area contributed by atoms with Crippen LogP contribution in [0.2, 0.25) is 0 Å². The molecule has 0 saturated heterocycles. The summed E-state index contributed by atoms with van der Waals surface area (Å²) in [6, 6.07) is 24.3. The van der Waals surface area contributed by atoms with E-state index in [1.54, 1.807) is 24.3 Å². The second kappa shape index (κ2) is 17.4. The average molecular weight is 854 g/mol. The lowest BCUT2D eigenvalue weighted by Gasteiger charge is -2.27. The third-order valence-corrected chi connectivity index (χ3v) is 12.3. The van der Waals surface area contributed by atoms with Gasteiger partial charge in [-0.15, -0.1) is 0 Å². The normalized spacial score (nSPS) is 13.9. The monoisotopic (exact) mass is 853 g/mol. The molecule has 0 heterocycles. The first-order valence-corrected chi connectivity index (χ1v) is 22.0. The molecule has 1 amide bonds. The number of rotatable bonds is 6. The van der Waals surface area contributed by atoms with E-state index in [1.807, 2.05) is 42.5 Å². The molecule has 1 aliphatic rings. The van der Waals surface area contributed by atoms with Gasteiger partial charge in [-0.05, 0) is 94.0 Å². The predicted molar refractivity (Wildman–Crippen MR) is 252 cm³/mol. The van der Waals surface area contributed by atoms with Crippen LogP contribution in [0.15, 0.2) is 78.9 Å². The molecule has 4 N–H and O–H groups in total. The van der Waals surface area contributed by atoms with Crippen molar-refractivity contribution in [1.82, 2.24) is 5.32 Å². The summed E-state index contributed by atoms with van der Waals surface area (Å²) in [5.74, 6) is -0.266. The van der Waals surface area contributed by atoms with Crippen LogP contribution in [0, 0.1) is 0 Å². The minimum atomic E-state index is -1.04. The molecule has 334 valence electrons. The van der Waals surface area contributed by atoms with Crippen LogP contribution in [-0.2, 0) is 61.7 Å². The first kappa shape index (κ1) is 46.7. The summed E-state index contributed by atoms with van der Waals surface area (Å²) in [6.45, 7) is 25.3. The Labute approximate surface area is 374 Å². The fourth-order valence-corrected chi connectivity index (χ4v) is 8.23. The summed E-state index contributed by atoms with van der Waals surface area (Å²) < 4.78 is 11.7. The SMILES string of the molecule is COC(=O)C(NC(=O)COc1c2cc(C(C)(C)C)cc1Cc1cc(C(C)(C)C)cc(c1O)Cc1cc(C(C)(C)C)cc(c1O)Cc1cc(C(C)(C)C)cc(c1O)C2)c1ccccc1. The molecule has 1 aliphatic carbocycles. The first-order valence-electron chi connectivity index (χ1n) is 22.0. The van der Waals surface area contributed by atoms with Crippen molar-refractivity contribution in [2.24, 2.45) is 0 Å². The van der Waals surface area contributed by atoms with Gasteiger partial charge in [-0.1, -0.05) is 162 Å². The Balaban J connectivity index is 1.62. The summed E-state index contributed by atoms with van der Waals surface area (Å²) in [6.07, 6.45) is 1.04. The topological polar surface area (TPSA) is 125 Å². The highest BCUT2D eigenvalue weighted by atomic mass is 16.5. The molecular formula is C55H67NO7. The predicted octanol–water partition coefficient (Wildman–Crippen LogP) is 11.1. The summed E-state index contributed by atoms with van der Waals surface area (Å²) in [5, 5.41) is 39.6. The maximum Gasteiger partial charge on any atom is 0.333 e. The number of aromatic hydroxyl groups is 3. The zero-order valence-corrected chi connectivity index (χ0v) is 39.6. The van der Waals surface area contributed by atoms with Gasteiger partial charge < -0.3 is 30.1 Å². The van der Waals surface area contributed by atoms with Gasteiger partial charge in [0.15, 0.2) is 12.6 Å². The summed E-state index contributed by atoms with van der Waals surface area (Å²) >= 11 is 0. The molecule has 0 fully saturated rings. The number of carbonyl (C=O) groups excluding carboxylic acids is 2. The maximum absolute atomic E-state index is 13.9. The van der Waals surface area contributed by atoms with Gasteiger partial charge in [0.2, 0.25) is 0 Å². The van der Waals surface area contributed by atoms with Gasteiger partial charge >= 0.3 is 5.97 Å². The highest BCUT2D eigenvalue weighted by molar-refractivity contribution is 5.86. The average Bonchev–Trinajstić information content (AvgIpc) is 3.18. The fraction of sp³-hybridized carbons (Fsp3) is 0.418. The molecular weight excluding hydrogens is 787 g/mol. The zero-order chi connectivity index (χ0) is 46.4. The van der Waals surface area contributed by atoms with Gasteiger partial charge in [0, 0.05) is 25.7 Å². The summed E-state index contributed by atoms with van der Waals surface area (Å²) in [4.78, 5) is 26.8. The number of phenols is 3. The fourth-order valence-electron chi connectivity index (χ4n) is 8.23. The smallest absolute Gasteiger partial charge is 0.333 e. The third-order valence-electron chi connectivity index (χ3n) is 12.3. The lowest BCUT2D eigenvalue weighted by atomic mass is 9.79. The van der Waals surface area contributed by atoms with Gasteiger partial charge in [-0.25, -0.2) is 4.79 Å². The minimum absolute atomic E-state index is 0.130. The van der Waals surface area contributed by atoms with Crippen LogP contribution in [0.1, 0.15) is 161 Å². The van der Waals surface area contributed by atoms with E-state index in [1.165, 1.54) is 7.11 Å². The van der Waals surface area contributed by atoms with Gasteiger partial charge in [-0.2, -0.15) is 0 Å². The first-order chi connectivity index (χ1) is 29.2. The number of phenolic OH excluding ortho intramolecular Hbond substituents is 3. The largest absolute Gasteiger partial charge is 0.507 e. The molecule has 8 nitrogen and oxygen atoms in total. The van der Waals surface area contributed by atoms with Crippen molar-refractivity contribution in [2.45, 2.75) is 136 Å². The highest BCUT2D eigenvalue weighted by Gasteiger charge is 2.29. The summed E-state index contributed by atoms with van der Waals surface area (Å²) in [5.41, 5.74) is 9.17. The Morgan fingerprint density at radius 2 is 0.825 bits per heavy atom. The third kappa shape index (κ3) is 10.5. The molecule has 1 unspecified atom stereocenters. The van der Waals surface area contributed by atoms with E-state index in [-0.39, 0.29) is 64.6 Å². The number of amides is 1. The van der Waals surface area contributed by atoms with Crippen LogP contribution in [0.25, 0.3) is 0 Å². The standard InChI is InChI=1S/C55H67NO7/c1-52(2,3)41-23-33-19-35-25-42(53(4,5)6)27-37(48(35)59)21-39-29-44(55(10,11)12)30-40(50(39)63-31-45(57)56-46(51(61)62-13)32-17-15-14-16-18-32)22-38-28-43(54(7,8)9)26-36(49(38)60)20-34(24-41)47(33)58/h14-18,23-30,46,58-60H,19-22,31H2,1-13H3,(H,56,57). The molecule has 0 saturated carbocycles. The molecule has 0 spiro atoms. The Bertz CT molecular complexity index is 2410. The van der Waals surface area contributed by atoms with E-state index >= 15 is 0 Å². The molecule has 6 rings (SSSR count). The molecule has 8 bridgehead atoms. The molecule has 5 aromatic carbocycles. The molecule has 0 aliphatic heterocycles. The second-order valence-electron chi connectivity index (χ2n) is 21.5. The van der Waals surface area contributed by atoms with Crippen molar-refractivity contribution in [1.29, 1.82) is 0 Å². The van der Waals surface area contributed by atoms with Crippen LogP contribution in [0.4, 0.5) is 0 Å². The number of hydrogen-bond donors (Lipinski definition) is 4. The number of ether oxygens (including phenoxy) is 2. The van der Waals surface area contributed by atoms with Crippen molar-refractivity contribution in [2.75, 3.05) is 13.7 Å². The van der Waals surface area contributed by atoms with Crippen molar-refractivity contribution < 1.29 is 34.4 Å². The number of hydrogen-bond acceptors (Lipinski definition) is 7. The Morgan fingerprint density at radius 1 is 0.524 bits per heavy atom. The Kier molecular flexibility index (Phi) is 12.9. The van der Waals surface area contributed by atoms with Crippen molar-refractivity contribution in [3.63, 3.8) is 0 Å². The van der Waals surface area contributed by atoms with Crippen LogP contribution in [-0.4, -0.2) is 40.9 Å². The number of methoxy groups -OCH3 is 1. The quantitative estimate of drug-likeness (QED) is 0.123. The molecule has 63 heavy (non-hydrogen) atoms. The van der Waals surface area contributed by atoms with Crippen LogP contribution >= 0.6 is 0 Å². The molecule has 8 heteroatoms. The van der Waals surface area contributed by atoms with Gasteiger partial charge in [-0.3, -0.25) is 4.79 Å². The Morgan fingerprint density at radius 3 is 1.13 bits per heavy atom. The van der Waals surface area contributed by atoms with Crippen LogP contribution in [0.5, 0.6) is 23.0 Å². The number of fused-ring (bicyclic) bond motifs is 8. The van der Waals surface area contributed by atoms with Crippen LogP contribution < -0.4 is 10.1 Å². The number of esters is 1. The van der Waals surface area contributed by atoms with Gasteiger partial charge in [0.1, 0.15) is 23.0 Å². The molecule has 0 radical (unpaired) electrons. The lowest BCUT2D eigenvalue weighted by Crippen LogP contribution is -2.37. The molecule has 5 aromatic rings. The van der Waals surface area contributed by atoms with Gasteiger partial charge in [0.05, 0.1) is 7.11 Å². The lowest BCUT2D eigenvalue weighted by molar-refractivity contribution is -0.145.